The molecule has 1 saturated heterocycles. The van der Waals surface area contributed by atoms with E-state index in [1.165, 1.54) is 6.42 Å². The molecule has 1 fully saturated rings. The van der Waals surface area contributed by atoms with Gasteiger partial charge in [0.05, 0.1) is 0 Å². The highest BCUT2D eigenvalue weighted by Gasteiger charge is 2.23. The molecular formula is C13H19N3O. The number of carbonyl (C=O) groups excluding carboxylic acids is 1. The van der Waals surface area contributed by atoms with Gasteiger partial charge in [0.2, 0.25) is 0 Å². The normalized spacial score (nSPS) is 20.3. The highest BCUT2D eigenvalue weighted by molar-refractivity contribution is 5.94. The van der Waals surface area contributed by atoms with Crippen molar-refractivity contribution in [2.45, 2.75) is 12.8 Å². The lowest BCUT2D eigenvalue weighted by Crippen LogP contribution is -2.42. The van der Waals surface area contributed by atoms with Crippen LogP contribution in [0.2, 0.25) is 0 Å². The summed E-state index contributed by atoms with van der Waals surface area (Å²) in [4.78, 5) is 18.1. The Morgan fingerprint density at radius 3 is 3.00 bits per heavy atom. The van der Waals surface area contributed by atoms with Gasteiger partial charge in [-0.1, -0.05) is 0 Å². The van der Waals surface area contributed by atoms with E-state index in [9.17, 15) is 4.79 Å². The van der Waals surface area contributed by atoms with Crippen molar-refractivity contribution in [3.63, 3.8) is 0 Å². The Hall–Kier alpha value is -1.42. The molecular weight excluding hydrogens is 214 g/mol. The number of aromatic nitrogens is 1. The third kappa shape index (κ3) is 3.03. The minimum atomic E-state index is 0.133. The number of hydrogen-bond acceptors (Lipinski definition) is 3. The van der Waals surface area contributed by atoms with Gasteiger partial charge in [0, 0.05) is 31.0 Å². The average molecular weight is 233 g/mol. The summed E-state index contributed by atoms with van der Waals surface area (Å²) in [6.45, 7) is 2.73. The van der Waals surface area contributed by atoms with Crippen LogP contribution in [-0.2, 0) is 0 Å². The summed E-state index contributed by atoms with van der Waals surface area (Å²) in [6.07, 6.45) is 5.65. The van der Waals surface area contributed by atoms with Crippen LogP contribution in [0.1, 0.15) is 23.2 Å². The number of hydrogen-bond donors (Lipinski definition) is 1. The summed E-state index contributed by atoms with van der Waals surface area (Å²) in [5, 5.41) is 3.19. The Morgan fingerprint density at radius 1 is 1.53 bits per heavy atom. The van der Waals surface area contributed by atoms with Gasteiger partial charge in [-0.05, 0) is 44.5 Å². The fourth-order valence-electron chi connectivity index (χ4n) is 2.38. The first-order valence-corrected chi connectivity index (χ1v) is 6.15. The number of piperidine rings is 1. The van der Waals surface area contributed by atoms with Crippen LogP contribution in [0.5, 0.6) is 0 Å². The summed E-state index contributed by atoms with van der Waals surface area (Å²) in [5.41, 5.74) is 0.741. The van der Waals surface area contributed by atoms with Crippen LogP contribution in [0.4, 0.5) is 0 Å². The maximum atomic E-state index is 12.2. The molecule has 0 aliphatic carbocycles. The van der Waals surface area contributed by atoms with Gasteiger partial charge in [-0.2, -0.15) is 0 Å². The zero-order valence-corrected chi connectivity index (χ0v) is 10.2. The minimum Gasteiger partial charge on any atom is -0.338 e. The molecule has 1 N–H and O–H groups in total. The van der Waals surface area contributed by atoms with Gasteiger partial charge in [0.25, 0.3) is 5.91 Å². The Balaban J connectivity index is 2.00. The van der Waals surface area contributed by atoms with Crippen LogP contribution in [0.25, 0.3) is 0 Å². The van der Waals surface area contributed by atoms with E-state index in [0.29, 0.717) is 5.92 Å². The molecule has 0 spiro atoms. The van der Waals surface area contributed by atoms with Crippen molar-refractivity contribution in [3.8, 4) is 0 Å². The Kier molecular flexibility index (Phi) is 4.09. The quantitative estimate of drug-likeness (QED) is 0.852. The van der Waals surface area contributed by atoms with Gasteiger partial charge < -0.3 is 10.2 Å². The maximum Gasteiger partial charge on any atom is 0.253 e. The molecule has 92 valence electrons. The van der Waals surface area contributed by atoms with E-state index < -0.39 is 0 Å². The molecule has 0 radical (unpaired) electrons. The molecule has 0 bridgehead atoms. The lowest BCUT2D eigenvalue weighted by molar-refractivity contribution is 0.0674. The van der Waals surface area contributed by atoms with Gasteiger partial charge in [0.1, 0.15) is 0 Å². The Morgan fingerprint density at radius 2 is 2.29 bits per heavy atom. The topological polar surface area (TPSA) is 45.2 Å². The number of pyridine rings is 1. The van der Waals surface area contributed by atoms with Crippen molar-refractivity contribution >= 4 is 5.91 Å². The number of nitrogens with one attached hydrogen (secondary N) is 1. The zero-order valence-electron chi connectivity index (χ0n) is 10.2. The predicted octanol–water partition coefficient (Wildman–Crippen LogP) is 1.15. The fraction of sp³-hybridized carbons (Fsp3) is 0.538. The first-order chi connectivity index (χ1) is 8.31. The zero-order chi connectivity index (χ0) is 12.1. The predicted molar refractivity (Wildman–Crippen MR) is 66.8 cm³/mol. The molecule has 0 aromatic carbocycles. The molecule has 2 heterocycles. The average Bonchev–Trinajstić information content (AvgIpc) is 2.40. The molecule has 1 unspecified atom stereocenters. The Labute approximate surface area is 102 Å². The second-order valence-corrected chi connectivity index (χ2v) is 4.55. The van der Waals surface area contributed by atoms with E-state index in [0.717, 1.165) is 31.6 Å². The summed E-state index contributed by atoms with van der Waals surface area (Å²) >= 11 is 0. The van der Waals surface area contributed by atoms with Crippen molar-refractivity contribution in [1.29, 1.82) is 0 Å². The monoisotopic (exact) mass is 233 g/mol. The minimum absolute atomic E-state index is 0.133. The van der Waals surface area contributed by atoms with E-state index in [2.05, 4.69) is 10.3 Å². The van der Waals surface area contributed by atoms with Gasteiger partial charge in [0.15, 0.2) is 0 Å². The third-order valence-corrected chi connectivity index (χ3v) is 3.23. The lowest BCUT2D eigenvalue weighted by atomic mass is 9.97. The van der Waals surface area contributed by atoms with Crippen LogP contribution < -0.4 is 5.32 Å². The number of nitrogens with zero attached hydrogens (tertiary/aromatic N) is 2. The molecule has 2 rings (SSSR count). The summed E-state index contributed by atoms with van der Waals surface area (Å²) in [6, 6.07) is 3.56. The SMILES string of the molecule is CNCC1CCCN(C(=O)c2ccncc2)C1. The second kappa shape index (κ2) is 5.77. The summed E-state index contributed by atoms with van der Waals surface area (Å²) < 4.78 is 0. The van der Waals surface area contributed by atoms with E-state index >= 15 is 0 Å². The van der Waals surface area contributed by atoms with Crippen LogP contribution in [-0.4, -0.2) is 42.5 Å². The van der Waals surface area contributed by atoms with Crippen molar-refractivity contribution < 1.29 is 4.79 Å². The summed E-state index contributed by atoms with van der Waals surface area (Å²) in [5.74, 6) is 0.716. The van der Waals surface area contributed by atoms with E-state index in [1.54, 1.807) is 24.5 Å². The lowest BCUT2D eigenvalue weighted by Gasteiger charge is -2.32. The first kappa shape index (κ1) is 12.0. The van der Waals surface area contributed by atoms with Gasteiger partial charge in [-0.15, -0.1) is 0 Å². The molecule has 4 heteroatoms. The molecule has 1 aromatic rings. The Bertz CT molecular complexity index is 364. The first-order valence-electron chi connectivity index (χ1n) is 6.15. The highest BCUT2D eigenvalue weighted by atomic mass is 16.2. The van der Waals surface area contributed by atoms with E-state index in [1.807, 2.05) is 11.9 Å². The number of carbonyl (C=O) groups is 1. The summed E-state index contributed by atoms with van der Waals surface area (Å²) in [7, 11) is 1.96. The smallest absolute Gasteiger partial charge is 0.253 e. The standard InChI is InChI=1S/C13H19N3O/c1-14-9-11-3-2-8-16(10-11)13(17)12-4-6-15-7-5-12/h4-7,11,14H,2-3,8-10H2,1H3. The number of likely N-dealkylation sites (tertiary alicyclic amines) is 1. The van der Waals surface area contributed by atoms with Crippen molar-refractivity contribution in [1.82, 2.24) is 15.2 Å². The molecule has 0 saturated carbocycles. The highest BCUT2D eigenvalue weighted by Crippen LogP contribution is 2.17. The fourth-order valence-corrected chi connectivity index (χ4v) is 2.38. The van der Waals surface area contributed by atoms with Crippen LogP contribution >= 0.6 is 0 Å². The number of amides is 1. The molecule has 1 aliphatic heterocycles. The van der Waals surface area contributed by atoms with Gasteiger partial charge in [-0.3, -0.25) is 9.78 Å². The molecule has 1 aliphatic rings. The van der Waals surface area contributed by atoms with Gasteiger partial charge >= 0.3 is 0 Å². The van der Waals surface area contributed by atoms with Crippen LogP contribution in [0.15, 0.2) is 24.5 Å². The second-order valence-electron chi connectivity index (χ2n) is 4.55. The molecule has 1 amide bonds. The van der Waals surface area contributed by atoms with E-state index in [-0.39, 0.29) is 5.91 Å². The van der Waals surface area contributed by atoms with Gasteiger partial charge in [-0.25, -0.2) is 0 Å². The third-order valence-electron chi connectivity index (χ3n) is 3.23. The molecule has 17 heavy (non-hydrogen) atoms. The molecule has 1 aromatic heterocycles. The molecule has 1 atom stereocenters. The van der Waals surface area contributed by atoms with Crippen molar-refractivity contribution in [3.05, 3.63) is 30.1 Å². The molecule has 4 nitrogen and oxygen atoms in total. The number of rotatable bonds is 3. The maximum absolute atomic E-state index is 12.2. The van der Waals surface area contributed by atoms with Crippen molar-refractivity contribution in [2.24, 2.45) is 5.92 Å². The van der Waals surface area contributed by atoms with Crippen LogP contribution in [0, 0.1) is 5.92 Å². The van der Waals surface area contributed by atoms with Crippen LogP contribution in [0.3, 0.4) is 0 Å². The van der Waals surface area contributed by atoms with Crippen molar-refractivity contribution in [2.75, 3.05) is 26.7 Å². The van der Waals surface area contributed by atoms with E-state index in [4.69, 9.17) is 0 Å². The largest absolute Gasteiger partial charge is 0.338 e.